The van der Waals surface area contributed by atoms with E-state index in [0.29, 0.717) is 26.2 Å². The lowest BCUT2D eigenvalue weighted by Crippen LogP contribution is -2.51. The van der Waals surface area contributed by atoms with Crippen molar-refractivity contribution in [1.29, 1.82) is 0 Å². The van der Waals surface area contributed by atoms with Crippen LogP contribution in [0.1, 0.15) is 175 Å². The third kappa shape index (κ3) is 24.8. The van der Waals surface area contributed by atoms with Crippen LogP contribution < -0.4 is 21.3 Å². The predicted octanol–water partition coefficient (Wildman–Crippen LogP) is 13.6. The third-order valence-corrected chi connectivity index (χ3v) is 22.6. The number of hydrogen-bond donors (Lipinski definition) is 8. The van der Waals surface area contributed by atoms with Crippen LogP contribution in [0.25, 0.3) is 55.4 Å². The number of nitrogens with one attached hydrogen (secondary N) is 8. The number of nitrogens with zero attached hydrogens (tertiary/aromatic N) is 8. The van der Waals surface area contributed by atoms with Gasteiger partial charge in [0.05, 0.1) is 108 Å². The number of amides is 8. The molecule has 2 aromatic carbocycles. The molecule has 0 aliphatic carbocycles. The van der Waals surface area contributed by atoms with E-state index in [4.69, 9.17) is 28.9 Å². The summed E-state index contributed by atoms with van der Waals surface area (Å²) in [5, 5.41) is 10.8. The molecule has 4 saturated heterocycles. The number of aromatic nitrogens is 8. The summed E-state index contributed by atoms with van der Waals surface area (Å²) in [6.45, 7) is 17.6. The number of allylic oxidation sites excluding steroid dienone is 2. The van der Waals surface area contributed by atoms with E-state index in [-0.39, 0.29) is 179 Å². The number of aromatic amines is 4. The van der Waals surface area contributed by atoms with E-state index in [0.717, 1.165) is 147 Å². The molecule has 10 heterocycles. The molecule has 8 aromatic rings. The average Bonchev–Trinajstić information content (AvgIpc) is 1.64. The van der Waals surface area contributed by atoms with Crippen LogP contribution in [-0.2, 0) is 51.0 Å². The van der Waals surface area contributed by atoms with Gasteiger partial charge >= 0.3 is 24.4 Å². The lowest BCUT2D eigenvalue weighted by Gasteiger charge is -2.30. The molecule has 28 nitrogen and oxygen atoms in total. The van der Waals surface area contributed by atoms with E-state index < -0.39 is 48.5 Å². The first-order valence-corrected chi connectivity index (χ1v) is 38.8. The number of H-pyrrole nitrogens is 4. The van der Waals surface area contributed by atoms with Gasteiger partial charge in [0, 0.05) is 42.4 Å². The third-order valence-electron chi connectivity index (χ3n) is 20.3. The van der Waals surface area contributed by atoms with Crippen molar-refractivity contribution in [3.05, 3.63) is 129 Å². The number of carbonyl (C=O) groups is 8. The maximum atomic E-state index is 13.5. The van der Waals surface area contributed by atoms with Crippen molar-refractivity contribution >= 4 is 213 Å². The normalized spacial score (nSPS) is 17.2. The van der Waals surface area contributed by atoms with Gasteiger partial charge in [-0.3, -0.25) is 19.2 Å². The molecular weight excluding hydrogens is 1670 g/mol. The number of carbonyl (C=O) groups excluding carboxylic acids is 8. The topological polar surface area (TPSA) is 349 Å². The van der Waals surface area contributed by atoms with E-state index in [1.54, 1.807) is 22.7 Å². The van der Waals surface area contributed by atoms with Crippen molar-refractivity contribution in [3.63, 3.8) is 0 Å². The fourth-order valence-corrected chi connectivity index (χ4v) is 16.4. The Balaban J connectivity index is 0.000000561. The summed E-state index contributed by atoms with van der Waals surface area (Å²) < 4.78 is 19.0. The van der Waals surface area contributed by atoms with Crippen molar-refractivity contribution in [2.75, 3.05) is 54.6 Å². The van der Waals surface area contributed by atoms with Crippen LogP contribution in [-0.4, -0.2) is 186 Å². The summed E-state index contributed by atoms with van der Waals surface area (Å²) in [5.74, 6) is 2.04. The molecule has 38 heteroatoms. The SMILES string of the molecule is COC(=O)N[C@H](C(=O)N1CCC[C@H]1c1ncc(-c2ccc(C=CCc3ccc4nc([C@@H]5CCCN5C(=O)[C@@H](NC(=O)OC)C(C)C)[nH]c4c3)s2)[nH]1)C(C)C.COC(=O)N[C@H](C(=O)N1CCC[C@H]1c1ncc(-c2ccc(CC=Cc3ccc4nc([C@@H]5CCCN5C(=O)[C@@H](NC(=O)OC)C(C)C)[nH]c4c3)s2)[nH]1)C(C)C.S.S.S.S.S.S.S.S. The zero-order valence-electron chi connectivity index (χ0n) is 67.4. The first-order chi connectivity index (χ1) is 51.9. The van der Waals surface area contributed by atoms with Crippen LogP contribution in [0.5, 0.6) is 0 Å². The summed E-state index contributed by atoms with van der Waals surface area (Å²) in [6, 6.07) is 17.1. The zero-order valence-corrected chi connectivity index (χ0v) is 77.0. The summed E-state index contributed by atoms with van der Waals surface area (Å²) >= 11 is 3.34. The minimum absolute atomic E-state index is 0. The minimum Gasteiger partial charge on any atom is -0.453 e. The van der Waals surface area contributed by atoms with Gasteiger partial charge in [0.2, 0.25) is 23.6 Å². The Morgan fingerprint density at radius 3 is 1.17 bits per heavy atom. The van der Waals surface area contributed by atoms with Crippen molar-refractivity contribution in [3.8, 4) is 21.1 Å². The Labute approximate surface area is 741 Å². The summed E-state index contributed by atoms with van der Waals surface area (Å²) in [7, 11) is 5.17. The number of methoxy groups -OCH3 is 4. The van der Waals surface area contributed by atoms with Crippen LogP contribution in [0.2, 0.25) is 0 Å². The molecule has 640 valence electrons. The van der Waals surface area contributed by atoms with Gasteiger partial charge in [0.15, 0.2) is 0 Å². The fourth-order valence-electron chi connectivity index (χ4n) is 14.5. The predicted molar refractivity (Wildman–Crippen MR) is 496 cm³/mol. The Morgan fingerprint density at radius 1 is 0.431 bits per heavy atom. The number of rotatable bonds is 24. The van der Waals surface area contributed by atoms with Gasteiger partial charge in [-0.25, -0.2) is 39.1 Å². The molecule has 4 aliphatic rings. The summed E-state index contributed by atoms with van der Waals surface area (Å²) in [6.07, 6.45) is 17.7. The molecular formula is C78H116N16O12S10. The van der Waals surface area contributed by atoms with Crippen LogP contribution >= 0.6 is 131 Å². The maximum absolute atomic E-state index is 13.5. The van der Waals surface area contributed by atoms with Crippen LogP contribution in [0.15, 0.2) is 85.2 Å². The van der Waals surface area contributed by atoms with Crippen LogP contribution in [0.3, 0.4) is 0 Å². The molecule has 0 bridgehead atoms. The van der Waals surface area contributed by atoms with Crippen molar-refractivity contribution < 1.29 is 57.3 Å². The van der Waals surface area contributed by atoms with Gasteiger partial charge in [-0.1, -0.05) is 85.8 Å². The zero-order chi connectivity index (χ0) is 77.0. The monoisotopic (exact) mass is 1790 g/mol. The molecule has 8 amide bonds. The van der Waals surface area contributed by atoms with Crippen LogP contribution in [0, 0.1) is 23.7 Å². The van der Waals surface area contributed by atoms with Crippen LogP contribution in [0.4, 0.5) is 19.2 Å². The number of imidazole rings is 4. The molecule has 0 saturated carbocycles. The lowest BCUT2D eigenvalue weighted by atomic mass is 10.0. The molecule has 8 atom stereocenters. The molecule has 12 rings (SSSR count). The second-order valence-electron chi connectivity index (χ2n) is 29.1. The van der Waals surface area contributed by atoms with Crippen molar-refractivity contribution in [2.45, 2.75) is 168 Å². The van der Waals surface area contributed by atoms with Gasteiger partial charge in [0.25, 0.3) is 0 Å². The number of thiophene rings is 2. The largest absolute Gasteiger partial charge is 0.453 e. The van der Waals surface area contributed by atoms with Gasteiger partial charge in [-0.05, 0) is 147 Å². The number of alkyl carbamates (subject to hydrolysis) is 4. The van der Waals surface area contributed by atoms with E-state index >= 15 is 0 Å². The quantitative estimate of drug-likeness (QED) is 0.0261. The Kier molecular flexibility index (Phi) is 41.8. The van der Waals surface area contributed by atoms with E-state index in [2.05, 4.69) is 118 Å². The van der Waals surface area contributed by atoms with Crippen molar-refractivity contribution in [2.24, 2.45) is 23.7 Å². The van der Waals surface area contributed by atoms with E-state index in [9.17, 15) is 38.4 Å². The molecule has 4 aliphatic heterocycles. The highest BCUT2D eigenvalue weighted by atomic mass is 32.1. The molecule has 6 aromatic heterocycles. The first-order valence-electron chi connectivity index (χ1n) is 37.1. The van der Waals surface area contributed by atoms with E-state index in [1.165, 1.54) is 33.3 Å². The summed E-state index contributed by atoms with van der Waals surface area (Å²) in [4.78, 5) is 146. The van der Waals surface area contributed by atoms with Gasteiger partial charge in [0.1, 0.15) is 47.5 Å². The molecule has 4 fully saturated rings. The molecule has 116 heavy (non-hydrogen) atoms. The lowest BCUT2D eigenvalue weighted by molar-refractivity contribution is -0.136. The van der Waals surface area contributed by atoms with Gasteiger partial charge in [-0.15, -0.1) is 22.7 Å². The number of fused-ring (bicyclic) bond motifs is 2. The number of likely N-dealkylation sites (tertiary alicyclic amines) is 4. The van der Waals surface area contributed by atoms with Gasteiger partial charge < -0.3 is 79.8 Å². The Hall–Kier alpha value is -7.56. The number of benzene rings is 2. The minimum atomic E-state index is -0.683. The smallest absolute Gasteiger partial charge is 0.407 e. The fraction of sp³-hybridized carbons (Fsp3) is 0.487. The molecule has 0 unspecified atom stereocenters. The molecule has 0 spiro atoms. The number of hydrogen-bond acceptors (Lipinski definition) is 18. The second-order valence-corrected chi connectivity index (χ2v) is 31.4. The Morgan fingerprint density at radius 2 is 0.784 bits per heavy atom. The highest BCUT2D eigenvalue weighted by molar-refractivity contribution is 7.60. The second kappa shape index (κ2) is 47.3. The molecule has 8 N–H and O–H groups in total. The van der Waals surface area contributed by atoms with E-state index in [1.807, 2.05) is 106 Å². The van der Waals surface area contributed by atoms with Gasteiger partial charge in [-0.2, -0.15) is 108 Å². The molecule has 0 radical (unpaired) electrons. The first kappa shape index (κ1) is 103. The average molecular weight is 1790 g/mol. The Bertz CT molecular complexity index is 4600. The highest BCUT2D eigenvalue weighted by Gasteiger charge is 2.42. The maximum Gasteiger partial charge on any atom is 0.407 e. The van der Waals surface area contributed by atoms with Crippen molar-refractivity contribution in [1.82, 2.24) is 80.7 Å². The highest BCUT2D eigenvalue weighted by Crippen LogP contribution is 2.39. The summed E-state index contributed by atoms with van der Waals surface area (Å²) in [5.41, 5.74) is 7.45. The number of ether oxygens (including phenoxy) is 4. The standard InChI is InChI=1S/2C39H50N8O6S.8H2S/c2*1-22(2)32(44-38(50)52-5)36(48)46-18-8-12-29(46)34-40-21-28(43-34)31-17-15-25(54-31)11-7-10-24-14-16-26-27(20-24)42-35(41-26)30-13-9-19-47(30)37(49)33(23(3)4)45-39(51)53-6;;;;;;;;/h7,11,14-17,20-23,29-30,32-33H,8-10,12-13,18-19H2,1-6H3,(H,40,43)(H,41,42)(H,44,50)(H,45,51);7,10,14-17,20-23,29-30,32-33H,8-9,11-13,18-19H2,1-6H3,(H,40,43)(H,41,42)(H,44,50)(H,45,51);8*1H2/t2*29-,30-,32-,33-;;;;;;;;/m00......../s1.